The zero-order chi connectivity index (χ0) is 14.6. The molecule has 0 saturated heterocycles. The Morgan fingerprint density at radius 2 is 2.05 bits per heavy atom. The Labute approximate surface area is 118 Å². The average Bonchev–Trinajstić information content (AvgIpc) is 3.25. The van der Waals surface area contributed by atoms with Gasteiger partial charge < -0.3 is 25.6 Å². The summed E-state index contributed by atoms with van der Waals surface area (Å²) in [5.41, 5.74) is 6.58. The molecule has 6 heteroatoms. The normalized spacial score (nSPS) is 16.6. The van der Waals surface area contributed by atoms with E-state index < -0.39 is 0 Å². The highest BCUT2D eigenvalue weighted by atomic mass is 16.5. The largest absolute Gasteiger partial charge is 0.493 e. The van der Waals surface area contributed by atoms with E-state index in [1.165, 1.54) is 0 Å². The quantitative estimate of drug-likeness (QED) is 0.538. The minimum Gasteiger partial charge on any atom is -0.493 e. The van der Waals surface area contributed by atoms with Crippen LogP contribution in [0.5, 0.6) is 11.5 Å². The van der Waals surface area contributed by atoms with Gasteiger partial charge in [0.2, 0.25) is 0 Å². The second kappa shape index (κ2) is 6.00. The van der Waals surface area contributed by atoms with Crippen molar-refractivity contribution in [3.05, 3.63) is 18.2 Å². The second-order valence-electron chi connectivity index (χ2n) is 5.05. The van der Waals surface area contributed by atoms with E-state index in [-0.39, 0.29) is 12.0 Å². The zero-order valence-electron chi connectivity index (χ0n) is 11.8. The molecule has 0 aliphatic heterocycles. The summed E-state index contributed by atoms with van der Waals surface area (Å²) in [6.07, 6.45) is 2.02. The number of nitrogens with zero attached hydrogens (tertiary/aromatic N) is 1. The van der Waals surface area contributed by atoms with Crippen LogP contribution in [0.3, 0.4) is 0 Å². The Balaban J connectivity index is 2.00. The molecule has 1 aliphatic rings. The Bertz CT molecular complexity index is 498. The van der Waals surface area contributed by atoms with Crippen molar-refractivity contribution >= 4 is 11.6 Å². The smallest absolute Gasteiger partial charge is 0.193 e. The topological polar surface area (TPSA) is 89.1 Å². The van der Waals surface area contributed by atoms with Gasteiger partial charge >= 0.3 is 0 Å². The molecule has 1 aliphatic carbocycles. The summed E-state index contributed by atoms with van der Waals surface area (Å²) < 4.78 is 10.4. The van der Waals surface area contributed by atoms with E-state index >= 15 is 0 Å². The van der Waals surface area contributed by atoms with Crippen LogP contribution >= 0.6 is 0 Å². The molecule has 1 saturated carbocycles. The van der Waals surface area contributed by atoms with Gasteiger partial charge in [0.15, 0.2) is 17.5 Å². The summed E-state index contributed by atoms with van der Waals surface area (Å²) in [6, 6.07) is 5.42. The van der Waals surface area contributed by atoms with Crippen LogP contribution in [0.25, 0.3) is 0 Å². The number of nitrogens with two attached hydrogens (primary N) is 1. The molecule has 110 valence electrons. The number of methoxy groups -OCH3 is 2. The molecule has 2 rings (SSSR count). The number of rotatable bonds is 6. The average molecular weight is 279 g/mol. The summed E-state index contributed by atoms with van der Waals surface area (Å²) in [6.45, 7) is 0.718. The van der Waals surface area contributed by atoms with Gasteiger partial charge in [-0.1, -0.05) is 0 Å². The van der Waals surface area contributed by atoms with E-state index in [9.17, 15) is 5.11 Å². The minimum absolute atomic E-state index is 0.0378. The van der Waals surface area contributed by atoms with Crippen molar-refractivity contribution in [1.29, 1.82) is 0 Å². The van der Waals surface area contributed by atoms with Crippen LogP contribution < -0.4 is 20.5 Å². The van der Waals surface area contributed by atoms with Crippen LogP contribution in [0.4, 0.5) is 5.69 Å². The van der Waals surface area contributed by atoms with Gasteiger partial charge in [-0.3, -0.25) is 4.99 Å². The first-order chi connectivity index (χ1) is 9.62. The van der Waals surface area contributed by atoms with E-state index in [2.05, 4.69) is 10.3 Å². The monoisotopic (exact) mass is 279 g/mol. The number of aliphatic hydroxyl groups is 1. The van der Waals surface area contributed by atoms with Gasteiger partial charge in [0.05, 0.1) is 27.4 Å². The highest BCUT2D eigenvalue weighted by Gasteiger charge is 2.41. The number of aliphatic hydroxyl groups excluding tert-OH is 1. The van der Waals surface area contributed by atoms with E-state index in [1.807, 2.05) is 6.07 Å². The molecule has 0 unspecified atom stereocenters. The molecule has 0 amide bonds. The summed E-state index contributed by atoms with van der Waals surface area (Å²) in [4.78, 5) is 4.27. The van der Waals surface area contributed by atoms with Gasteiger partial charge in [-0.05, 0) is 25.0 Å². The lowest BCUT2D eigenvalue weighted by atomic mass is 10.1. The summed E-state index contributed by atoms with van der Waals surface area (Å²) in [5, 5.41) is 12.2. The fourth-order valence-electron chi connectivity index (χ4n) is 1.90. The third-order valence-corrected chi connectivity index (χ3v) is 3.53. The Morgan fingerprint density at radius 3 is 2.60 bits per heavy atom. The van der Waals surface area contributed by atoms with Crippen LogP contribution in [0.15, 0.2) is 23.2 Å². The first-order valence-electron chi connectivity index (χ1n) is 6.52. The lowest BCUT2D eigenvalue weighted by molar-refractivity contribution is 0.217. The van der Waals surface area contributed by atoms with Crippen molar-refractivity contribution in [2.75, 3.05) is 32.7 Å². The molecule has 0 radical (unpaired) electrons. The standard InChI is InChI=1S/C14H21N3O3/c1-19-11-4-3-10(7-12(11)20-2)17-13(15)16-8-14(9-18)5-6-14/h3-4,7,18H,5-6,8-9H2,1-2H3,(H3,15,16,17). The van der Waals surface area contributed by atoms with Gasteiger partial charge in [0.1, 0.15) is 0 Å². The van der Waals surface area contributed by atoms with Crippen molar-refractivity contribution in [2.45, 2.75) is 12.8 Å². The van der Waals surface area contributed by atoms with Crippen LogP contribution in [-0.2, 0) is 0 Å². The Kier molecular flexibility index (Phi) is 4.34. The fourth-order valence-corrected chi connectivity index (χ4v) is 1.90. The van der Waals surface area contributed by atoms with Crippen molar-refractivity contribution in [3.63, 3.8) is 0 Å². The first-order valence-corrected chi connectivity index (χ1v) is 6.52. The molecule has 1 aromatic rings. The van der Waals surface area contributed by atoms with E-state index in [0.29, 0.717) is 24.0 Å². The van der Waals surface area contributed by atoms with Gasteiger partial charge in [0, 0.05) is 17.2 Å². The summed E-state index contributed by atoms with van der Waals surface area (Å²) >= 11 is 0. The SMILES string of the molecule is COc1ccc(NC(N)=NCC2(CO)CC2)cc1OC. The van der Waals surface area contributed by atoms with Crippen molar-refractivity contribution < 1.29 is 14.6 Å². The molecular weight excluding hydrogens is 258 g/mol. The Hall–Kier alpha value is -1.95. The Morgan fingerprint density at radius 1 is 1.35 bits per heavy atom. The van der Waals surface area contributed by atoms with Gasteiger partial charge in [-0.2, -0.15) is 0 Å². The predicted octanol–water partition coefficient (Wildman–Crippen LogP) is 1.20. The molecular formula is C14H21N3O3. The van der Waals surface area contributed by atoms with Gasteiger partial charge in [-0.15, -0.1) is 0 Å². The molecule has 0 heterocycles. The highest BCUT2D eigenvalue weighted by Crippen LogP contribution is 2.45. The predicted molar refractivity (Wildman–Crippen MR) is 78.4 cm³/mol. The second-order valence-corrected chi connectivity index (χ2v) is 5.05. The van der Waals surface area contributed by atoms with Crippen molar-refractivity contribution in [3.8, 4) is 11.5 Å². The minimum atomic E-state index is -0.0378. The van der Waals surface area contributed by atoms with E-state index in [1.54, 1.807) is 26.4 Å². The number of nitrogens with one attached hydrogen (secondary N) is 1. The summed E-state index contributed by atoms with van der Waals surface area (Å²) in [5.74, 6) is 1.61. The van der Waals surface area contributed by atoms with Crippen LogP contribution in [0, 0.1) is 5.41 Å². The van der Waals surface area contributed by atoms with Gasteiger partial charge in [0.25, 0.3) is 0 Å². The number of aliphatic imine (C=N–C) groups is 1. The van der Waals surface area contributed by atoms with E-state index in [0.717, 1.165) is 18.5 Å². The number of anilines is 1. The molecule has 1 fully saturated rings. The maximum Gasteiger partial charge on any atom is 0.193 e. The fraction of sp³-hybridized carbons (Fsp3) is 0.500. The zero-order valence-corrected chi connectivity index (χ0v) is 11.8. The van der Waals surface area contributed by atoms with Crippen LogP contribution in [0.1, 0.15) is 12.8 Å². The highest BCUT2D eigenvalue weighted by molar-refractivity contribution is 5.92. The lowest BCUT2D eigenvalue weighted by Gasteiger charge is -2.12. The molecule has 4 N–H and O–H groups in total. The van der Waals surface area contributed by atoms with Crippen LogP contribution in [0.2, 0.25) is 0 Å². The lowest BCUT2D eigenvalue weighted by Crippen LogP contribution is -2.24. The number of guanidine groups is 1. The third-order valence-electron chi connectivity index (χ3n) is 3.53. The number of hydrogen-bond acceptors (Lipinski definition) is 4. The molecule has 20 heavy (non-hydrogen) atoms. The van der Waals surface area contributed by atoms with Crippen molar-refractivity contribution in [1.82, 2.24) is 0 Å². The maximum atomic E-state index is 9.22. The first kappa shape index (κ1) is 14.5. The van der Waals surface area contributed by atoms with Crippen molar-refractivity contribution in [2.24, 2.45) is 16.1 Å². The molecule has 1 aromatic carbocycles. The molecule has 0 aromatic heterocycles. The van der Waals surface area contributed by atoms with Crippen LogP contribution in [-0.4, -0.2) is 38.4 Å². The number of benzene rings is 1. The van der Waals surface area contributed by atoms with Gasteiger partial charge in [-0.25, -0.2) is 0 Å². The third kappa shape index (κ3) is 3.33. The number of ether oxygens (including phenoxy) is 2. The van der Waals surface area contributed by atoms with E-state index in [4.69, 9.17) is 15.2 Å². The number of hydrogen-bond donors (Lipinski definition) is 3. The maximum absolute atomic E-state index is 9.22. The molecule has 0 atom stereocenters. The molecule has 0 bridgehead atoms. The molecule has 6 nitrogen and oxygen atoms in total. The summed E-state index contributed by atoms with van der Waals surface area (Å²) in [7, 11) is 3.17. The molecule has 0 spiro atoms.